The molecule has 2 rings (SSSR count). The quantitative estimate of drug-likeness (QED) is 0.619. The van der Waals surface area contributed by atoms with Crippen LogP contribution in [0.15, 0.2) is 28.6 Å². The second-order valence-corrected chi connectivity index (χ2v) is 2.95. The predicted molar refractivity (Wildman–Crippen MR) is 46.6 cm³/mol. The van der Waals surface area contributed by atoms with E-state index >= 15 is 0 Å². The first kappa shape index (κ1) is 8.10. The number of hydrogen-bond acceptors (Lipinski definition) is 3. The average molecular weight is 178 g/mol. The number of carbonyl (C=O) groups is 1. The van der Waals surface area contributed by atoms with E-state index in [1.54, 1.807) is 18.4 Å². The lowest BCUT2D eigenvalue weighted by molar-refractivity contribution is -0.141. The molecule has 2 heterocycles. The van der Waals surface area contributed by atoms with Crippen molar-refractivity contribution in [3.05, 3.63) is 29.9 Å². The van der Waals surface area contributed by atoms with Crippen LogP contribution in [0.1, 0.15) is 25.0 Å². The summed E-state index contributed by atoms with van der Waals surface area (Å²) in [4.78, 5) is 10.9. The van der Waals surface area contributed by atoms with Gasteiger partial charge in [-0.3, -0.25) is 4.79 Å². The van der Waals surface area contributed by atoms with E-state index in [4.69, 9.17) is 9.15 Å². The maximum atomic E-state index is 10.9. The fourth-order valence-electron chi connectivity index (χ4n) is 1.29. The van der Waals surface area contributed by atoms with E-state index in [1.165, 1.54) is 0 Å². The second-order valence-electron chi connectivity index (χ2n) is 2.95. The molecule has 0 bridgehead atoms. The van der Waals surface area contributed by atoms with Crippen LogP contribution in [-0.4, -0.2) is 5.97 Å². The van der Waals surface area contributed by atoms with E-state index in [-0.39, 0.29) is 5.97 Å². The van der Waals surface area contributed by atoms with Crippen molar-refractivity contribution in [1.82, 2.24) is 0 Å². The van der Waals surface area contributed by atoms with Crippen LogP contribution in [-0.2, 0) is 9.53 Å². The Labute approximate surface area is 76.0 Å². The highest BCUT2D eigenvalue weighted by Gasteiger charge is 2.14. The topological polar surface area (TPSA) is 39.4 Å². The van der Waals surface area contributed by atoms with Gasteiger partial charge in [-0.1, -0.05) is 0 Å². The molecular formula is C10H10O3. The monoisotopic (exact) mass is 178 g/mol. The summed E-state index contributed by atoms with van der Waals surface area (Å²) in [6.07, 6.45) is 5.56. The molecule has 0 radical (unpaired) electrons. The van der Waals surface area contributed by atoms with Gasteiger partial charge in [-0.05, 0) is 18.6 Å². The molecule has 0 aliphatic carbocycles. The van der Waals surface area contributed by atoms with Gasteiger partial charge in [0.15, 0.2) is 0 Å². The van der Waals surface area contributed by atoms with Gasteiger partial charge in [0.05, 0.1) is 6.26 Å². The molecule has 1 aliphatic rings. The molecule has 1 fully saturated rings. The first-order chi connectivity index (χ1) is 6.34. The SMILES string of the molecule is O=C1CCC/C(=C\c2ccco2)O1. The zero-order chi connectivity index (χ0) is 9.10. The van der Waals surface area contributed by atoms with Gasteiger partial charge in [-0.2, -0.15) is 0 Å². The number of hydrogen-bond donors (Lipinski definition) is 0. The molecule has 1 aromatic rings. The Hall–Kier alpha value is -1.51. The first-order valence-corrected chi connectivity index (χ1v) is 4.29. The summed E-state index contributed by atoms with van der Waals surface area (Å²) in [6, 6.07) is 3.63. The third kappa shape index (κ3) is 1.99. The number of furan rings is 1. The zero-order valence-electron chi connectivity index (χ0n) is 7.16. The molecule has 0 N–H and O–H groups in total. The molecule has 3 nitrogen and oxygen atoms in total. The number of cyclic esters (lactones) is 1. The van der Waals surface area contributed by atoms with Crippen molar-refractivity contribution in [2.75, 3.05) is 0 Å². The van der Waals surface area contributed by atoms with Crippen molar-refractivity contribution < 1.29 is 13.9 Å². The Bertz CT molecular complexity index is 322. The maximum absolute atomic E-state index is 10.9. The van der Waals surface area contributed by atoms with Crippen molar-refractivity contribution in [1.29, 1.82) is 0 Å². The van der Waals surface area contributed by atoms with E-state index < -0.39 is 0 Å². The van der Waals surface area contributed by atoms with E-state index in [1.807, 2.05) is 6.07 Å². The summed E-state index contributed by atoms with van der Waals surface area (Å²) in [6.45, 7) is 0. The minimum absolute atomic E-state index is 0.149. The lowest BCUT2D eigenvalue weighted by Crippen LogP contribution is -2.09. The number of carbonyl (C=O) groups excluding carboxylic acids is 1. The van der Waals surface area contributed by atoms with Crippen LogP contribution in [0.25, 0.3) is 6.08 Å². The van der Waals surface area contributed by atoms with Crippen LogP contribution in [0.2, 0.25) is 0 Å². The normalized spacial score (nSPS) is 20.3. The van der Waals surface area contributed by atoms with Crippen molar-refractivity contribution in [2.45, 2.75) is 19.3 Å². The summed E-state index contributed by atoms with van der Waals surface area (Å²) in [5.74, 6) is 1.28. The molecule has 0 aromatic carbocycles. The molecule has 68 valence electrons. The van der Waals surface area contributed by atoms with Crippen LogP contribution in [0.5, 0.6) is 0 Å². The molecule has 1 aromatic heterocycles. The Kier molecular flexibility index (Phi) is 2.17. The highest BCUT2D eigenvalue weighted by molar-refractivity contribution is 5.72. The van der Waals surface area contributed by atoms with Gasteiger partial charge in [0.1, 0.15) is 11.5 Å². The summed E-state index contributed by atoms with van der Waals surface area (Å²) < 4.78 is 10.1. The van der Waals surface area contributed by atoms with Gasteiger partial charge in [-0.15, -0.1) is 0 Å². The van der Waals surface area contributed by atoms with E-state index in [0.717, 1.165) is 18.6 Å². The maximum Gasteiger partial charge on any atom is 0.310 e. The molecule has 13 heavy (non-hydrogen) atoms. The predicted octanol–water partition coefficient (Wildman–Crippen LogP) is 2.35. The molecule has 1 aliphatic heterocycles. The van der Waals surface area contributed by atoms with Gasteiger partial charge in [0.2, 0.25) is 0 Å². The summed E-state index contributed by atoms with van der Waals surface area (Å²) in [5, 5.41) is 0. The number of esters is 1. The van der Waals surface area contributed by atoms with Gasteiger partial charge in [0.25, 0.3) is 0 Å². The van der Waals surface area contributed by atoms with Crippen molar-refractivity contribution in [3.8, 4) is 0 Å². The summed E-state index contributed by atoms with van der Waals surface area (Å²) in [5.41, 5.74) is 0. The lowest BCUT2D eigenvalue weighted by atomic mass is 10.1. The summed E-state index contributed by atoms with van der Waals surface area (Å²) in [7, 11) is 0. The van der Waals surface area contributed by atoms with Crippen LogP contribution in [0.3, 0.4) is 0 Å². The molecule has 3 heteroatoms. The Morgan fingerprint density at radius 1 is 1.38 bits per heavy atom. The van der Waals surface area contributed by atoms with E-state index in [9.17, 15) is 4.79 Å². The van der Waals surface area contributed by atoms with E-state index in [0.29, 0.717) is 12.2 Å². The van der Waals surface area contributed by atoms with Crippen LogP contribution < -0.4 is 0 Å². The largest absolute Gasteiger partial charge is 0.465 e. The highest BCUT2D eigenvalue weighted by atomic mass is 16.5. The number of rotatable bonds is 1. The molecule has 0 spiro atoms. The molecule has 0 atom stereocenters. The Morgan fingerprint density at radius 3 is 3.00 bits per heavy atom. The first-order valence-electron chi connectivity index (χ1n) is 4.29. The van der Waals surface area contributed by atoms with Crippen molar-refractivity contribution >= 4 is 12.0 Å². The second kappa shape index (κ2) is 3.47. The lowest BCUT2D eigenvalue weighted by Gasteiger charge is -2.12. The number of allylic oxidation sites excluding steroid dienone is 1. The third-order valence-electron chi connectivity index (χ3n) is 1.90. The number of ether oxygens (including phenoxy) is 1. The third-order valence-corrected chi connectivity index (χ3v) is 1.90. The van der Waals surface area contributed by atoms with Gasteiger partial charge < -0.3 is 9.15 Å². The minimum Gasteiger partial charge on any atom is -0.465 e. The van der Waals surface area contributed by atoms with Gasteiger partial charge in [-0.25, -0.2) is 0 Å². The molecule has 0 unspecified atom stereocenters. The minimum atomic E-state index is -0.149. The molecule has 0 amide bonds. The molecule has 1 saturated heterocycles. The Balaban J connectivity index is 2.11. The Morgan fingerprint density at radius 2 is 2.31 bits per heavy atom. The average Bonchev–Trinajstić information content (AvgIpc) is 2.57. The van der Waals surface area contributed by atoms with Crippen LogP contribution in [0, 0.1) is 0 Å². The van der Waals surface area contributed by atoms with Crippen molar-refractivity contribution in [2.24, 2.45) is 0 Å². The van der Waals surface area contributed by atoms with E-state index in [2.05, 4.69) is 0 Å². The standard InChI is InChI=1S/C10H10O3/c11-10-5-1-3-9(13-10)7-8-4-2-6-12-8/h2,4,6-7H,1,3,5H2/b9-7+. The highest BCUT2D eigenvalue weighted by Crippen LogP contribution is 2.20. The smallest absolute Gasteiger partial charge is 0.310 e. The summed E-state index contributed by atoms with van der Waals surface area (Å²) >= 11 is 0. The molecule has 0 saturated carbocycles. The van der Waals surface area contributed by atoms with Crippen LogP contribution in [0.4, 0.5) is 0 Å². The van der Waals surface area contributed by atoms with Crippen molar-refractivity contribution in [3.63, 3.8) is 0 Å². The fraction of sp³-hybridized carbons (Fsp3) is 0.300. The fourth-order valence-corrected chi connectivity index (χ4v) is 1.29. The zero-order valence-corrected chi connectivity index (χ0v) is 7.16. The van der Waals surface area contributed by atoms with Gasteiger partial charge in [0, 0.05) is 18.9 Å². The molecular weight excluding hydrogens is 168 g/mol. The van der Waals surface area contributed by atoms with Gasteiger partial charge >= 0.3 is 5.97 Å². The van der Waals surface area contributed by atoms with Crippen LogP contribution >= 0.6 is 0 Å².